The van der Waals surface area contributed by atoms with Crippen LogP contribution in [0.25, 0.3) is 0 Å². The molecule has 0 saturated carbocycles. The van der Waals surface area contributed by atoms with Gasteiger partial charge in [0.2, 0.25) is 11.8 Å². The zero-order valence-electron chi connectivity index (χ0n) is 20.7. The van der Waals surface area contributed by atoms with Gasteiger partial charge in [0.25, 0.3) is 5.91 Å². The van der Waals surface area contributed by atoms with Crippen molar-refractivity contribution in [1.82, 2.24) is 15.1 Å². The van der Waals surface area contributed by atoms with Crippen molar-refractivity contribution in [2.24, 2.45) is 11.8 Å². The standard InChI is InChI=1S/C28H35N3O4/c1-18(2)14-24-26(33)29-25(23-15-21-6-4-5-7-22(21)16-23)28(35)31(24)17-19-8-10-20(11-9-19)27(34)30(3)12-13-32/h4-11,18,23-25,32H,12-17H2,1-3H3,(H,29,33)/t24-,25-/m1/s1. The molecular weight excluding hydrogens is 442 g/mol. The first-order valence-electron chi connectivity index (χ1n) is 12.4. The molecule has 0 unspecified atom stereocenters. The highest BCUT2D eigenvalue weighted by Crippen LogP contribution is 2.32. The van der Waals surface area contributed by atoms with Crippen LogP contribution in [0.4, 0.5) is 0 Å². The number of nitrogens with one attached hydrogen (secondary N) is 1. The zero-order chi connectivity index (χ0) is 25.1. The van der Waals surface area contributed by atoms with Gasteiger partial charge in [-0.25, -0.2) is 0 Å². The number of hydrogen-bond donors (Lipinski definition) is 2. The number of piperazine rings is 1. The van der Waals surface area contributed by atoms with Crippen LogP contribution in [0.15, 0.2) is 48.5 Å². The minimum atomic E-state index is -0.536. The number of aliphatic hydroxyl groups is 1. The number of amides is 3. The summed E-state index contributed by atoms with van der Waals surface area (Å²) in [4.78, 5) is 42.7. The lowest BCUT2D eigenvalue weighted by atomic mass is 9.90. The van der Waals surface area contributed by atoms with Crippen LogP contribution in [0.2, 0.25) is 0 Å². The Labute approximate surface area is 207 Å². The monoisotopic (exact) mass is 477 g/mol. The molecule has 2 aromatic carbocycles. The molecule has 3 amide bonds. The Morgan fingerprint density at radius 1 is 1.09 bits per heavy atom. The van der Waals surface area contributed by atoms with Gasteiger partial charge in [-0.15, -0.1) is 0 Å². The highest BCUT2D eigenvalue weighted by molar-refractivity contribution is 5.97. The van der Waals surface area contributed by atoms with E-state index in [2.05, 4.69) is 31.3 Å². The molecule has 0 radical (unpaired) electrons. The second-order valence-electron chi connectivity index (χ2n) is 10.2. The largest absolute Gasteiger partial charge is 0.395 e. The molecule has 0 spiro atoms. The molecule has 1 fully saturated rings. The van der Waals surface area contributed by atoms with Gasteiger partial charge in [0.05, 0.1) is 6.61 Å². The van der Waals surface area contributed by atoms with E-state index in [1.165, 1.54) is 16.0 Å². The zero-order valence-corrected chi connectivity index (χ0v) is 20.7. The summed E-state index contributed by atoms with van der Waals surface area (Å²) in [7, 11) is 1.65. The van der Waals surface area contributed by atoms with Crippen LogP contribution in [0, 0.1) is 11.8 Å². The number of aliphatic hydroxyl groups excluding tert-OH is 1. The van der Waals surface area contributed by atoms with E-state index in [9.17, 15) is 14.4 Å². The number of hydrogen-bond acceptors (Lipinski definition) is 4. The van der Waals surface area contributed by atoms with Gasteiger partial charge < -0.3 is 20.2 Å². The van der Waals surface area contributed by atoms with Gasteiger partial charge >= 0.3 is 0 Å². The maximum absolute atomic E-state index is 13.8. The van der Waals surface area contributed by atoms with Crippen LogP contribution in [0.5, 0.6) is 0 Å². The SMILES string of the molecule is CC(C)C[C@@H]1C(=O)N[C@H](C2Cc3ccccc3C2)C(=O)N1Cc1ccc(C(=O)N(C)CCO)cc1. The molecule has 2 aromatic rings. The van der Waals surface area contributed by atoms with Crippen LogP contribution in [-0.4, -0.2) is 64.9 Å². The molecule has 2 N–H and O–H groups in total. The number of carbonyl (C=O) groups excluding carboxylic acids is 3. The number of fused-ring (bicyclic) bond motifs is 1. The summed E-state index contributed by atoms with van der Waals surface area (Å²) in [6.07, 6.45) is 2.17. The Morgan fingerprint density at radius 3 is 2.29 bits per heavy atom. The number of nitrogens with zero attached hydrogens (tertiary/aromatic N) is 2. The predicted octanol–water partition coefficient (Wildman–Crippen LogP) is 2.41. The molecule has 1 saturated heterocycles. The average Bonchev–Trinajstić information content (AvgIpc) is 3.27. The maximum atomic E-state index is 13.8. The van der Waals surface area contributed by atoms with E-state index in [1.54, 1.807) is 24.1 Å². The maximum Gasteiger partial charge on any atom is 0.253 e. The van der Waals surface area contributed by atoms with Gasteiger partial charge in [-0.3, -0.25) is 14.4 Å². The fourth-order valence-corrected chi connectivity index (χ4v) is 5.22. The van der Waals surface area contributed by atoms with Gasteiger partial charge in [0, 0.05) is 25.7 Å². The number of likely N-dealkylation sites (N-methyl/N-ethyl adjacent to an activating group) is 1. The lowest BCUT2D eigenvalue weighted by Gasteiger charge is -2.41. The molecule has 0 bridgehead atoms. The predicted molar refractivity (Wildman–Crippen MR) is 134 cm³/mol. The molecule has 1 heterocycles. The number of carbonyl (C=O) groups is 3. The summed E-state index contributed by atoms with van der Waals surface area (Å²) >= 11 is 0. The third-order valence-corrected chi connectivity index (χ3v) is 7.11. The Hall–Kier alpha value is -3.19. The summed E-state index contributed by atoms with van der Waals surface area (Å²) in [5.41, 5.74) is 3.90. The molecule has 35 heavy (non-hydrogen) atoms. The third-order valence-electron chi connectivity index (χ3n) is 7.11. The van der Waals surface area contributed by atoms with Crippen molar-refractivity contribution >= 4 is 17.7 Å². The summed E-state index contributed by atoms with van der Waals surface area (Å²) < 4.78 is 0. The molecule has 1 aliphatic carbocycles. The van der Waals surface area contributed by atoms with Crippen LogP contribution in [0.1, 0.15) is 47.3 Å². The normalized spacial score (nSPS) is 20.2. The summed E-state index contributed by atoms with van der Waals surface area (Å²) in [5.74, 6) is 0.0222. The number of benzene rings is 2. The Bertz CT molecular complexity index is 1060. The first-order valence-corrected chi connectivity index (χ1v) is 12.4. The van der Waals surface area contributed by atoms with Gasteiger partial charge in [-0.2, -0.15) is 0 Å². The van der Waals surface area contributed by atoms with E-state index >= 15 is 0 Å². The minimum absolute atomic E-state index is 0.0316. The molecule has 7 heteroatoms. The van der Waals surface area contributed by atoms with Crippen molar-refractivity contribution in [3.05, 3.63) is 70.8 Å². The molecule has 186 valence electrons. The average molecular weight is 478 g/mol. The second-order valence-corrected chi connectivity index (χ2v) is 10.2. The molecule has 2 aliphatic rings. The highest BCUT2D eigenvalue weighted by Gasteiger charge is 2.45. The van der Waals surface area contributed by atoms with Crippen molar-refractivity contribution in [2.75, 3.05) is 20.2 Å². The quantitative estimate of drug-likeness (QED) is 0.611. The second kappa shape index (κ2) is 10.6. The molecule has 0 aromatic heterocycles. The summed E-state index contributed by atoms with van der Waals surface area (Å²) in [5, 5.41) is 12.1. The van der Waals surface area contributed by atoms with Crippen molar-refractivity contribution in [3.8, 4) is 0 Å². The van der Waals surface area contributed by atoms with Crippen molar-refractivity contribution in [3.63, 3.8) is 0 Å². The molecule has 1 aliphatic heterocycles. The van der Waals surface area contributed by atoms with E-state index in [0.717, 1.165) is 18.4 Å². The lowest BCUT2D eigenvalue weighted by molar-refractivity contribution is -0.152. The summed E-state index contributed by atoms with van der Waals surface area (Å²) in [6, 6.07) is 14.3. The van der Waals surface area contributed by atoms with Gasteiger partial charge in [0.1, 0.15) is 12.1 Å². The third kappa shape index (κ3) is 5.40. The Balaban J connectivity index is 1.53. The Morgan fingerprint density at radius 2 is 1.71 bits per heavy atom. The van der Waals surface area contributed by atoms with E-state index < -0.39 is 12.1 Å². The van der Waals surface area contributed by atoms with Crippen LogP contribution in [-0.2, 0) is 29.0 Å². The minimum Gasteiger partial charge on any atom is -0.395 e. The first-order chi connectivity index (χ1) is 16.8. The van der Waals surface area contributed by atoms with Gasteiger partial charge in [-0.05, 0) is 59.9 Å². The van der Waals surface area contributed by atoms with Gasteiger partial charge in [-0.1, -0.05) is 50.2 Å². The fraction of sp³-hybridized carbons (Fsp3) is 0.464. The van der Waals surface area contributed by atoms with Crippen molar-refractivity contribution < 1.29 is 19.5 Å². The summed E-state index contributed by atoms with van der Waals surface area (Å²) in [6.45, 7) is 4.60. The Kier molecular flexibility index (Phi) is 7.55. The lowest BCUT2D eigenvalue weighted by Crippen LogP contribution is -2.65. The van der Waals surface area contributed by atoms with Gasteiger partial charge in [0.15, 0.2) is 0 Å². The first kappa shape index (κ1) is 24.9. The van der Waals surface area contributed by atoms with Crippen LogP contribution in [0.3, 0.4) is 0 Å². The molecule has 2 atom stereocenters. The molecule has 7 nitrogen and oxygen atoms in total. The number of rotatable bonds is 8. The van der Waals surface area contributed by atoms with Crippen molar-refractivity contribution in [2.45, 2.75) is 51.7 Å². The van der Waals surface area contributed by atoms with E-state index in [1.807, 2.05) is 24.3 Å². The highest BCUT2D eigenvalue weighted by atomic mass is 16.3. The van der Waals surface area contributed by atoms with E-state index in [0.29, 0.717) is 18.5 Å². The van der Waals surface area contributed by atoms with Crippen LogP contribution >= 0.6 is 0 Å². The van der Waals surface area contributed by atoms with E-state index in [-0.39, 0.29) is 42.7 Å². The van der Waals surface area contributed by atoms with E-state index in [4.69, 9.17) is 5.11 Å². The fourth-order valence-electron chi connectivity index (χ4n) is 5.22. The van der Waals surface area contributed by atoms with Crippen molar-refractivity contribution in [1.29, 1.82) is 0 Å². The molecular formula is C28H35N3O4. The smallest absolute Gasteiger partial charge is 0.253 e. The van der Waals surface area contributed by atoms with Crippen LogP contribution < -0.4 is 5.32 Å². The topological polar surface area (TPSA) is 90.0 Å². The molecule has 4 rings (SSSR count).